The molecule has 2 heterocycles. The van der Waals surface area contributed by atoms with Crippen molar-refractivity contribution in [2.45, 2.75) is 32.1 Å². The lowest BCUT2D eigenvalue weighted by molar-refractivity contribution is -0.113. The van der Waals surface area contributed by atoms with E-state index in [2.05, 4.69) is 24.1 Å². The highest BCUT2D eigenvalue weighted by Gasteiger charge is 2.34. The number of allylic oxidation sites excluding steroid dienone is 1. The molecule has 0 spiro atoms. The van der Waals surface area contributed by atoms with Crippen LogP contribution < -0.4 is 5.32 Å². The minimum atomic E-state index is -1.40. The molecule has 132 valence electrons. The van der Waals surface area contributed by atoms with Gasteiger partial charge in [0, 0.05) is 18.1 Å². The number of nitrogens with one attached hydrogen (secondary N) is 1. The first-order valence-electron chi connectivity index (χ1n) is 8.17. The van der Waals surface area contributed by atoms with Gasteiger partial charge in [0.15, 0.2) is 16.1 Å². The smallest absolute Gasteiger partial charge is 0.274 e. The number of carbonyl (C=O) groups excluding carboxylic acids is 1. The van der Waals surface area contributed by atoms with Gasteiger partial charge in [-0.2, -0.15) is 0 Å². The number of hydrogen-bond acceptors (Lipinski definition) is 4. The summed E-state index contributed by atoms with van der Waals surface area (Å²) in [7, 11) is 0.300. The molecule has 1 aliphatic rings. The van der Waals surface area contributed by atoms with Crippen LogP contribution in [0.15, 0.2) is 41.1 Å². The van der Waals surface area contributed by atoms with Crippen molar-refractivity contribution in [3.8, 4) is 0 Å². The number of fused-ring (bicyclic) bond motifs is 1. The van der Waals surface area contributed by atoms with Gasteiger partial charge in [-0.1, -0.05) is 32.0 Å². The van der Waals surface area contributed by atoms with E-state index in [1.807, 2.05) is 31.2 Å². The molecule has 25 heavy (non-hydrogen) atoms. The number of thiazole rings is 1. The van der Waals surface area contributed by atoms with Gasteiger partial charge >= 0.3 is 0 Å². The summed E-state index contributed by atoms with van der Waals surface area (Å²) >= 11 is 1.42. The molecule has 1 aliphatic heterocycles. The first-order chi connectivity index (χ1) is 11.9. The number of carbonyl (C=O) groups is 1. The van der Waals surface area contributed by atoms with E-state index in [4.69, 9.17) is 0 Å². The molecule has 0 saturated heterocycles. The zero-order valence-corrected chi connectivity index (χ0v) is 16.3. The number of rotatable bonds is 4. The lowest BCUT2D eigenvalue weighted by atomic mass is 9.89. The fraction of sp³-hybridized carbons (Fsp3) is 0.333. The topological polar surface area (TPSA) is 62.3 Å². The Labute approximate surface area is 154 Å². The minimum Gasteiger partial charge on any atom is -0.297 e. The van der Waals surface area contributed by atoms with Gasteiger partial charge in [-0.3, -0.25) is 14.4 Å². The van der Waals surface area contributed by atoms with Crippen LogP contribution in [-0.4, -0.2) is 26.5 Å². The van der Waals surface area contributed by atoms with E-state index in [9.17, 15) is 9.00 Å². The van der Waals surface area contributed by atoms with Gasteiger partial charge in [0.1, 0.15) is 5.70 Å². The number of hydrogen-bond donors (Lipinski definition) is 1. The standard InChI is InChI=1S/C18H21N3O2S2/c1-5-11(2)15-13-8-6-7-9-14(13)25(23)21(4)16(15)17(22)20-18-19-10-12(3)24-18/h6-11H,5H2,1-4H3,(H,19,20,22). The van der Waals surface area contributed by atoms with Crippen molar-refractivity contribution in [3.05, 3.63) is 46.6 Å². The Morgan fingerprint density at radius 2 is 2.12 bits per heavy atom. The highest BCUT2D eigenvalue weighted by atomic mass is 32.2. The number of benzene rings is 1. The van der Waals surface area contributed by atoms with E-state index in [0.29, 0.717) is 10.8 Å². The molecule has 2 unspecified atom stereocenters. The van der Waals surface area contributed by atoms with Crippen molar-refractivity contribution in [2.75, 3.05) is 12.4 Å². The maximum absolute atomic E-state index is 13.0. The van der Waals surface area contributed by atoms with Crippen LogP contribution >= 0.6 is 11.3 Å². The van der Waals surface area contributed by atoms with Gasteiger partial charge < -0.3 is 0 Å². The average Bonchev–Trinajstić information content (AvgIpc) is 3.01. The molecule has 2 atom stereocenters. The molecular weight excluding hydrogens is 354 g/mol. The zero-order chi connectivity index (χ0) is 18.1. The molecule has 1 amide bonds. The maximum atomic E-state index is 13.0. The monoisotopic (exact) mass is 375 g/mol. The van der Waals surface area contributed by atoms with E-state index in [1.54, 1.807) is 17.5 Å². The van der Waals surface area contributed by atoms with Crippen LogP contribution in [0.3, 0.4) is 0 Å². The van der Waals surface area contributed by atoms with Gasteiger partial charge in [-0.25, -0.2) is 9.19 Å². The Hall–Kier alpha value is -1.99. The van der Waals surface area contributed by atoms with Crippen LogP contribution in [0, 0.1) is 12.8 Å². The SMILES string of the molecule is CCC(C)C1=C(C(=O)Nc2ncc(C)s2)N(C)S(=O)c2ccccc21. The average molecular weight is 376 g/mol. The predicted octanol–water partition coefficient (Wildman–Crippen LogP) is 3.82. The van der Waals surface area contributed by atoms with E-state index in [-0.39, 0.29) is 11.8 Å². The summed E-state index contributed by atoms with van der Waals surface area (Å²) in [4.78, 5) is 19.0. The Kier molecular flexibility index (Phi) is 5.06. The summed E-state index contributed by atoms with van der Waals surface area (Å²) in [6.45, 7) is 6.12. The second kappa shape index (κ2) is 7.09. The first-order valence-corrected chi connectivity index (χ1v) is 10.1. The van der Waals surface area contributed by atoms with E-state index >= 15 is 0 Å². The van der Waals surface area contributed by atoms with Gasteiger partial charge in [-0.15, -0.1) is 11.3 Å². The summed E-state index contributed by atoms with van der Waals surface area (Å²) < 4.78 is 14.4. The molecule has 0 bridgehead atoms. The van der Waals surface area contributed by atoms with E-state index < -0.39 is 11.0 Å². The van der Waals surface area contributed by atoms with Crippen molar-refractivity contribution in [1.82, 2.24) is 9.29 Å². The van der Waals surface area contributed by atoms with Crippen LogP contribution in [0.2, 0.25) is 0 Å². The highest BCUT2D eigenvalue weighted by molar-refractivity contribution is 7.83. The third-order valence-electron chi connectivity index (χ3n) is 4.35. The highest BCUT2D eigenvalue weighted by Crippen LogP contribution is 2.39. The number of aryl methyl sites for hydroxylation is 1. The quantitative estimate of drug-likeness (QED) is 0.884. The molecule has 3 rings (SSSR count). The fourth-order valence-electron chi connectivity index (χ4n) is 2.91. The summed E-state index contributed by atoms with van der Waals surface area (Å²) in [6, 6.07) is 7.61. The Morgan fingerprint density at radius 3 is 2.76 bits per heavy atom. The van der Waals surface area contributed by atoms with Crippen molar-refractivity contribution in [3.63, 3.8) is 0 Å². The lowest BCUT2D eigenvalue weighted by Crippen LogP contribution is -2.35. The van der Waals surface area contributed by atoms with Gasteiger partial charge in [-0.05, 0) is 36.5 Å². The summed E-state index contributed by atoms with van der Waals surface area (Å²) in [5.74, 6) is -0.102. The largest absolute Gasteiger partial charge is 0.297 e. The van der Waals surface area contributed by atoms with Gasteiger partial charge in [0.25, 0.3) is 5.91 Å². The van der Waals surface area contributed by atoms with Crippen LogP contribution in [-0.2, 0) is 15.8 Å². The minimum absolute atomic E-state index is 0.166. The summed E-state index contributed by atoms with van der Waals surface area (Å²) in [5.41, 5.74) is 2.29. The lowest BCUT2D eigenvalue weighted by Gasteiger charge is -2.32. The molecule has 0 saturated carbocycles. The number of anilines is 1. The number of likely N-dealkylation sites (N-methyl/N-ethyl adjacent to an activating group) is 1. The molecule has 1 N–H and O–H groups in total. The van der Waals surface area contributed by atoms with Crippen LogP contribution in [0.1, 0.15) is 30.7 Å². The Balaban J connectivity index is 2.12. The normalized spacial score (nSPS) is 18.1. The molecule has 5 nitrogen and oxygen atoms in total. The van der Waals surface area contributed by atoms with Crippen molar-refractivity contribution in [1.29, 1.82) is 0 Å². The van der Waals surface area contributed by atoms with Crippen molar-refractivity contribution < 1.29 is 9.00 Å². The van der Waals surface area contributed by atoms with Crippen molar-refractivity contribution in [2.24, 2.45) is 5.92 Å². The van der Waals surface area contributed by atoms with Gasteiger partial charge in [0.05, 0.1) is 4.90 Å². The summed E-state index contributed by atoms with van der Waals surface area (Å²) in [6.07, 6.45) is 2.61. The molecule has 0 radical (unpaired) electrons. The molecule has 7 heteroatoms. The fourth-order valence-corrected chi connectivity index (χ4v) is 4.77. The predicted molar refractivity (Wildman–Crippen MR) is 102 cm³/mol. The Morgan fingerprint density at radius 1 is 1.40 bits per heavy atom. The van der Waals surface area contributed by atoms with E-state index in [0.717, 1.165) is 27.3 Å². The molecular formula is C18H21N3O2S2. The zero-order valence-electron chi connectivity index (χ0n) is 14.7. The first kappa shape index (κ1) is 17.8. The molecule has 1 aromatic heterocycles. The molecule has 0 fully saturated rings. The molecule has 1 aromatic carbocycles. The third kappa shape index (κ3) is 3.26. The maximum Gasteiger partial charge on any atom is 0.274 e. The van der Waals surface area contributed by atoms with Crippen LogP contribution in [0.5, 0.6) is 0 Å². The Bertz CT molecular complexity index is 873. The second-order valence-electron chi connectivity index (χ2n) is 6.04. The molecule has 0 aliphatic carbocycles. The number of nitrogens with zero attached hydrogens (tertiary/aromatic N) is 2. The number of aromatic nitrogens is 1. The van der Waals surface area contributed by atoms with Crippen LogP contribution in [0.4, 0.5) is 5.13 Å². The van der Waals surface area contributed by atoms with Crippen LogP contribution in [0.25, 0.3) is 5.57 Å². The van der Waals surface area contributed by atoms with Crippen molar-refractivity contribution >= 4 is 38.9 Å². The molecule has 2 aromatic rings. The number of amides is 1. The van der Waals surface area contributed by atoms with E-state index in [1.165, 1.54) is 11.3 Å². The third-order valence-corrected chi connectivity index (χ3v) is 6.59. The van der Waals surface area contributed by atoms with Gasteiger partial charge in [0.2, 0.25) is 0 Å². The second-order valence-corrected chi connectivity index (χ2v) is 8.77. The summed E-state index contributed by atoms with van der Waals surface area (Å²) in [5, 5.41) is 3.41.